The SMILES string of the molecule is CO[C@H]1C[C@@H]2CN(c3cncc(C)n3)C[C@@H]2C[C@@H]1NC(=O)c1c(C)cc(=O)oc1C. The van der Waals surface area contributed by atoms with Gasteiger partial charge in [-0.05, 0) is 51.0 Å². The number of methoxy groups -OCH3 is 1. The Morgan fingerprint density at radius 1 is 1.20 bits per heavy atom. The lowest BCUT2D eigenvalue weighted by Crippen LogP contribution is -2.50. The van der Waals surface area contributed by atoms with Crippen LogP contribution in [0.15, 0.2) is 27.7 Å². The van der Waals surface area contributed by atoms with E-state index < -0.39 is 5.63 Å². The fourth-order valence-electron chi connectivity index (χ4n) is 4.95. The van der Waals surface area contributed by atoms with Crippen molar-refractivity contribution in [3.05, 3.63) is 51.5 Å². The van der Waals surface area contributed by atoms with E-state index in [-0.39, 0.29) is 18.1 Å². The first kappa shape index (κ1) is 20.5. The van der Waals surface area contributed by atoms with E-state index in [0.29, 0.717) is 28.7 Å². The van der Waals surface area contributed by atoms with E-state index in [1.165, 1.54) is 6.07 Å². The van der Waals surface area contributed by atoms with Gasteiger partial charge in [-0.15, -0.1) is 0 Å². The largest absolute Gasteiger partial charge is 0.427 e. The minimum absolute atomic E-state index is 0.0601. The average molecular weight is 412 g/mol. The van der Waals surface area contributed by atoms with Crippen LogP contribution in [0.1, 0.15) is 40.2 Å². The molecule has 1 amide bonds. The smallest absolute Gasteiger partial charge is 0.336 e. The van der Waals surface area contributed by atoms with Crippen LogP contribution in [-0.4, -0.2) is 48.2 Å². The molecule has 4 atom stereocenters. The molecule has 4 rings (SSSR count). The molecule has 8 nitrogen and oxygen atoms in total. The Balaban J connectivity index is 1.49. The molecule has 1 saturated heterocycles. The van der Waals surface area contributed by atoms with E-state index in [0.717, 1.165) is 37.4 Å². The first-order valence-electron chi connectivity index (χ1n) is 10.3. The van der Waals surface area contributed by atoms with Crippen LogP contribution in [0.25, 0.3) is 0 Å². The zero-order valence-corrected chi connectivity index (χ0v) is 17.8. The van der Waals surface area contributed by atoms with E-state index in [2.05, 4.69) is 20.2 Å². The van der Waals surface area contributed by atoms with Crippen molar-refractivity contribution in [3.8, 4) is 0 Å². The number of rotatable bonds is 4. The van der Waals surface area contributed by atoms with Crippen molar-refractivity contribution in [1.82, 2.24) is 15.3 Å². The zero-order valence-electron chi connectivity index (χ0n) is 17.8. The van der Waals surface area contributed by atoms with Crippen LogP contribution in [0, 0.1) is 32.6 Å². The molecule has 0 bridgehead atoms. The second-order valence-corrected chi connectivity index (χ2v) is 8.45. The number of carbonyl (C=O) groups is 1. The highest BCUT2D eigenvalue weighted by molar-refractivity contribution is 5.96. The highest BCUT2D eigenvalue weighted by Crippen LogP contribution is 2.39. The van der Waals surface area contributed by atoms with Crippen molar-refractivity contribution in [2.24, 2.45) is 11.8 Å². The van der Waals surface area contributed by atoms with Gasteiger partial charge >= 0.3 is 5.63 Å². The molecule has 2 fully saturated rings. The third kappa shape index (κ3) is 3.96. The van der Waals surface area contributed by atoms with Crippen LogP contribution in [0.5, 0.6) is 0 Å². The Morgan fingerprint density at radius 3 is 2.60 bits per heavy atom. The summed E-state index contributed by atoms with van der Waals surface area (Å²) < 4.78 is 10.9. The Kier molecular flexibility index (Phi) is 5.60. The number of aryl methyl sites for hydroxylation is 3. The van der Waals surface area contributed by atoms with Crippen molar-refractivity contribution in [2.75, 3.05) is 25.1 Å². The highest BCUT2D eigenvalue weighted by atomic mass is 16.5. The number of amides is 1. The van der Waals surface area contributed by atoms with Crippen molar-refractivity contribution in [1.29, 1.82) is 0 Å². The van der Waals surface area contributed by atoms with Gasteiger partial charge < -0.3 is 19.4 Å². The molecule has 0 spiro atoms. The molecule has 1 saturated carbocycles. The molecule has 30 heavy (non-hydrogen) atoms. The van der Waals surface area contributed by atoms with Gasteiger partial charge in [0.25, 0.3) is 5.91 Å². The van der Waals surface area contributed by atoms with Gasteiger partial charge in [-0.2, -0.15) is 0 Å². The van der Waals surface area contributed by atoms with Gasteiger partial charge in [0.15, 0.2) is 0 Å². The van der Waals surface area contributed by atoms with Crippen molar-refractivity contribution in [3.63, 3.8) is 0 Å². The number of fused-ring (bicyclic) bond motifs is 1. The van der Waals surface area contributed by atoms with Crippen LogP contribution in [-0.2, 0) is 4.74 Å². The second-order valence-electron chi connectivity index (χ2n) is 8.45. The van der Waals surface area contributed by atoms with Crippen LogP contribution in [0.2, 0.25) is 0 Å². The monoisotopic (exact) mass is 412 g/mol. The maximum absolute atomic E-state index is 13.0. The van der Waals surface area contributed by atoms with Crippen molar-refractivity contribution < 1.29 is 13.9 Å². The molecule has 1 aliphatic carbocycles. The first-order valence-corrected chi connectivity index (χ1v) is 10.3. The van der Waals surface area contributed by atoms with Gasteiger partial charge in [0.1, 0.15) is 11.6 Å². The van der Waals surface area contributed by atoms with E-state index in [1.807, 2.05) is 13.1 Å². The van der Waals surface area contributed by atoms with Gasteiger partial charge in [0, 0.05) is 32.5 Å². The predicted octanol–water partition coefficient (Wildman–Crippen LogP) is 2.01. The van der Waals surface area contributed by atoms with Crippen LogP contribution in [0.4, 0.5) is 5.82 Å². The van der Waals surface area contributed by atoms with E-state index in [9.17, 15) is 9.59 Å². The molecule has 2 aromatic rings. The summed E-state index contributed by atoms with van der Waals surface area (Å²) >= 11 is 0. The number of hydrogen-bond donors (Lipinski definition) is 1. The van der Waals surface area contributed by atoms with Crippen LogP contribution >= 0.6 is 0 Å². The number of aromatic nitrogens is 2. The van der Waals surface area contributed by atoms with Crippen molar-refractivity contribution in [2.45, 2.75) is 45.8 Å². The maximum Gasteiger partial charge on any atom is 0.336 e. The molecule has 0 radical (unpaired) electrons. The Bertz CT molecular complexity index is 979. The Labute approximate surface area is 175 Å². The summed E-state index contributed by atoms with van der Waals surface area (Å²) in [5, 5.41) is 3.14. The molecule has 2 aliphatic rings. The average Bonchev–Trinajstić information content (AvgIpc) is 3.09. The molecule has 2 aromatic heterocycles. The van der Waals surface area contributed by atoms with Gasteiger partial charge in [0.2, 0.25) is 0 Å². The minimum Gasteiger partial charge on any atom is -0.427 e. The summed E-state index contributed by atoms with van der Waals surface area (Å²) in [6, 6.07) is 1.25. The van der Waals surface area contributed by atoms with Gasteiger partial charge in [-0.25, -0.2) is 9.78 Å². The summed E-state index contributed by atoms with van der Waals surface area (Å²) in [4.78, 5) is 35.7. The highest BCUT2D eigenvalue weighted by Gasteiger charge is 2.43. The number of nitrogens with one attached hydrogen (secondary N) is 1. The summed E-state index contributed by atoms with van der Waals surface area (Å²) in [5.41, 5.74) is 1.51. The van der Waals surface area contributed by atoms with Crippen molar-refractivity contribution >= 4 is 11.7 Å². The molecule has 1 N–H and O–H groups in total. The molecule has 0 aromatic carbocycles. The third-order valence-electron chi connectivity index (χ3n) is 6.36. The number of carbonyl (C=O) groups excluding carboxylic acids is 1. The zero-order chi connectivity index (χ0) is 21.4. The number of anilines is 1. The number of hydrogen-bond acceptors (Lipinski definition) is 7. The lowest BCUT2D eigenvalue weighted by Gasteiger charge is -2.37. The lowest BCUT2D eigenvalue weighted by molar-refractivity contribution is 0.0125. The normalized spacial score (nSPS) is 25.8. The molecule has 160 valence electrons. The van der Waals surface area contributed by atoms with E-state index in [4.69, 9.17) is 9.15 Å². The fraction of sp³-hybridized carbons (Fsp3) is 0.545. The summed E-state index contributed by atoms with van der Waals surface area (Å²) in [6.07, 6.45) is 5.22. The molecular formula is C22H28N4O4. The lowest BCUT2D eigenvalue weighted by atomic mass is 9.77. The van der Waals surface area contributed by atoms with E-state index in [1.54, 1.807) is 27.2 Å². The second kappa shape index (κ2) is 8.18. The van der Waals surface area contributed by atoms with Crippen LogP contribution < -0.4 is 15.8 Å². The minimum atomic E-state index is -0.442. The number of nitrogens with zero attached hydrogens (tertiary/aromatic N) is 3. The molecule has 0 unspecified atom stereocenters. The number of ether oxygens (including phenoxy) is 1. The Morgan fingerprint density at radius 2 is 1.93 bits per heavy atom. The van der Waals surface area contributed by atoms with E-state index >= 15 is 0 Å². The fourth-order valence-corrected chi connectivity index (χ4v) is 4.95. The molecule has 1 aliphatic heterocycles. The standard InChI is InChI=1S/C22H28N4O4/c1-12-5-20(27)30-14(3)21(12)22(28)25-17-6-15-10-26(11-16(15)7-18(17)29-4)19-9-23-8-13(2)24-19/h5,8-9,15-18H,6-7,10-11H2,1-4H3,(H,25,28)/t15-,16+,17-,18-/m0/s1. The third-order valence-corrected chi connectivity index (χ3v) is 6.36. The summed E-state index contributed by atoms with van der Waals surface area (Å²) in [7, 11) is 1.70. The molecular weight excluding hydrogens is 384 g/mol. The quantitative estimate of drug-likeness (QED) is 0.820. The maximum atomic E-state index is 13.0. The summed E-state index contributed by atoms with van der Waals surface area (Å²) in [6.45, 7) is 7.16. The summed E-state index contributed by atoms with van der Waals surface area (Å²) in [5.74, 6) is 1.96. The van der Waals surface area contributed by atoms with Crippen LogP contribution in [0.3, 0.4) is 0 Å². The first-order chi connectivity index (χ1) is 14.4. The van der Waals surface area contributed by atoms with Gasteiger partial charge in [-0.1, -0.05) is 0 Å². The van der Waals surface area contributed by atoms with Gasteiger partial charge in [-0.3, -0.25) is 9.78 Å². The van der Waals surface area contributed by atoms with Gasteiger partial charge in [0.05, 0.1) is 29.6 Å². The molecule has 8 heteroatoms. The Hall–Kier alpha value is -2.74. The predicted molar refractivity (Wildman–Crippen MR) is 112 cm³/mol. The topological polar surface area (TPSA) is 97.6 Å². The molecule has 3 heterocycles.